The number of carbonyl (C=O) groups is 1. The first-order valence-electron chi connectivity index (χ1n) is 10.1. The summed E-state index contributed by atoms with van der Waals surface area (Å²) in [7, 11) is 1.52. The van der Waals surface area contributed by atoms with E-state index < -0.39 is 23.4 Å². The standard InChI is InChI=1S/C25H20F3NO4/c1-13(33-2)9-20-23(14-3-5-15(6-4-14)25(31)32)24-21(10-16(26)11-22(24)30)29(20)17-7-8-18(27)19(28)12-17/h3-8,10-13,30H,9H2,1-2H3,(H,31,32). The second-order valence-electron chi connectivity index (χ2n) is 7.71. The largest absolute Gasteiger partial charge is 0.507 e. The minimum absolute atomic E-state index is 0.0742. The number of halogens is 3. The molecule has 0 saturated carbocycles. The molecule has 0 saturated heterocycles. The number of carboxylic acids is 1. The Morgan fingerprint density at radius 3 is 2.33 bits per heavy atom. The Labute approximate surface area is 187 Å². The average Bonchev–Trinajstić information content (AvgIpc) is 3.09. The smallest absolute Gasteiger partial charge is 0.335 e. The normalized spacial score (nSPS) is 12.3. The lowest BCUT2D eigenvalue weighted by molar-refractivity contribution is 0.0697. The predicted molar refractivity (Wildman–Crippen MR) is 117 cm³/mol. The van der Waals surface area contributed by atoms with Gasteiger partial charge in [-0.1, -0.05) is 12.1 Å². The average molecular weight is 455 g/mol. The summed E-state index contributed by atoms with van der Waals surface area (Å²) in [5, 5.41) is 20.2. The summed E-state index contributed by atoms with van der Waals surface area (Å²) in [4.78, 5) is 11.3. The van der Waals surface area contributed by atoms with Crippen LogP contribution in [0.15, 0.2) is 54.6 Å². The topological polar surface area (TPSA) is 71.7 Å². The van der Waals surface area contributed by atoms with Gasteiger partial charge >= 0.3 is 5.97 Å². The molecular formula is C25H20F3NO4. The number of hydrogen-bond acceptors (Lipinski definition) is 3. The molecule has 0 aliphatic carbocycles. The molecule has 0 radical (unpaired) electrons. The van der Waals surface area contributed by atoms with Crippen molar-refractivity contribution < 1.29 is 32.9 Å². The van der Waals surface area contributed by atoms with Gasteiger partial charge in [0.1, 0.15) is 11.6 Å². The number of methoxy groups -OCH3 is 1. The first kappa shape index (κ1) is 22.4. The molecule has 170 valence electrons. The Morgan fingerprint density at radius 1 is 1.03 bits per heavy atom. The van der Waals surface area contributed by atoms with E-state index in [1.54, 1.807) is 16.7 Å². The number of nitrogens with zero attached hydrogens (tertiary/aromatic N) is 1. The quantitative estimate of drug-likeness (QED) is 0.392. The Bertz CT molecular complexity index is 1360. The van der Waals surface area contributed by atoms with E-state index >= 15 is 0 Å². The van der Waals surface area contributed by atoms with Crippen molar-refractivity contribution in [3.8, 4) is 22.6 Å². The summed E-state index contributed by atoms with van der Waals surface area (Å²) in [6, 6.07) is 11.5. The highest BCUT2D eigenvalue weighted by Crippen LogP contribution is 2.42. The maximum Gasteiger partial charge on any atom is 0.335 e. The summed E-state index contributed by atoms with van der Waals surface area (Å²) in [6.07, 6.45) is -0.0382. The van der Waals surface area contributed by atoms with E-state index in [9.17, 15) is 28.2 Å². The molecule has 5 nitrogen and oxygen atoms in total. The highest BCUT2D eigenvalue weighted by atomic mass is 19.2. The first-order chi connectivity index (χ1) is 15.7. The number of aromatic carboxylic acids is 1. The Kier molecular flexibility index (Phi) is 5.86. The van der Waals surface area contributed by atoms with Gasteiger partial charge in [-0.25, -0.2) is 18.0 Å². The number of phenols is 1. The molecule has 0 fully saturated rings. The van der Waals surface area contributed by atoms with Crippen LogP contribution in [0.3, 0.4) is 0 Å². The molecule has 0 amide bonds. The van der Waals surface area contributed by atoms with Crippen LogP contribution in [0.25, 0.3) is 27.7 Å². The van der Waals surface area contributed by atoms with Crippen molar-refractivity contribution in [3.63, 3.8) is 0 Å². The molecule has 1 unspecified atom stereocenters. The predicted octanol–water partition coefficient (Wildman–Crippen LogP) is 5.70. The zero-order valence-electron chi connectivity index (χ0n) is 17.8. The van der Waals surface area contributed by atoms with Gasteiger partial charge in [-0.3, -0.25) is 0 Å². The van der Waals surface area contributed by atoms with Gasteiger partial charge in [0.15, 0.2) is 11.6 Å². The van der Waals surface area contributed by atoms with Gasteiger partial charge in [0, 0.05) is 42.6 Å². The van der Waals surface area contributed by atoms with Crippen LogP contribution < -0.4 is 0 Å². The van der Waals surface area contributed by atoms with Crippen LogP contribution in [-0.2, 0) is 11.2 Å². The van der Waals surface area contributed by atoms with Gasteiger partial charge in [0.05, 0.1) is 22.6 Å². The highest BCUT2D eigenvalue weighted by molar-refractivity contribution is 6.03. The fraction of sp³-hybridized carbons (Fsp3) is 0.160. The maximum atomic E-state index is 14.4. The molecule has 0 aliphatic heterocycles. The van der Waals surface area contributed by atoms with Crippen molar-refractivity contribution in [2.45, 2.75) is 19.4 Å². The molecule has 2 N–H and O–H groups in total. The number of phenolic OH excluding ortho intramolecular Hbond substituents is 1. The van der Waals surface area contributed by atoms with Crippen LogP contribution in [0, 0.1) is 17.5 Å². The molecule has 0 bridgehead atoms. The van der Waals surface area contributed by atoms with Crippen LogP contribution in [0.5, 0.6) is 5.75 Å². The lowest BCUT2D eigenvalue weighted by Crippen LogP contribution is -2.13. The van der Waals surface area contributed by atoms with Gasteiger partial charge in [-0.05, 0) is 42.8 Å². The van der Waals surface area contributed by atoms with Gasteiger partial charge < -0.3 is 19.5 Å². The van der Waals surface area contributed by atoms with Gasteiger partial charge in [-0.2, -0.15) is 0 Å². The van der Waals surface area contributed by atoms with Gasteiger partial charge in [0.25, 0.3) is 0 Å². The molecule has 1 atom stereocenters. The number of aromatic hydroxyl groups is 1. The third-order valence-electron chi connectivity index (χ3n) is 5.58. The molecule has 4 rings (SSSR count). The van der Waals surface area contributed by atoms with E-state index in [0.29, 0.717) is 22.2 Å². The van der Waals surface area contributed by atoms with Crippen LogP contribution >= 0.6 is 0 Å². The monoisotopic (exact) mass is 455 g/mol. The lowest BCUT2D eigenvalue weighted by atomic mass is 9.98. The van der Waals surface area contributed by atoms with E-state index in [-0.39, 0.29) is 35.0 Å². The second kappa shape index (κ2) is 8.63. The molecule has 1 heterocycles. The van der Waals surface area contributed by atoms with Crippen molar-refractivity contribution in [3.05, 3.63) is 83.3 Å². The zero-order valence-corrected chi connectivity index (χ0v) is 17.8. The minimum Gasteiger partial charge on any atom is -0.507 e. The van der Waals surface area contributed by atoms with Crippen molar-refractivity contribution in [1.82, 2.24) is 4.57 Å². The number of aromatic nitrogens is 1. The lowest BCUT2D eigenvalue weighted by Gasteiger charge is -2.16. The maximum absolute atomic E-state index is 14.4. The second-order valence-corrected chi connectivity index (χ2v) is 7.71. The zero-order chi connectivity index (χ0) is 23.9. The van der Waals surface area contributed by atoms with E-state index in [0.717, 1.165) is 18.2 Å². The number of hydrogen-bond donors (Lipinski definition) is 2. The Balaban J connectivity index is 2.12. The number of fused-ring (bicyclic) bond motifs is 1. The molecule has 8 heteroatoms. The van der Waals surface area contributed by atoms with Crippen LogP contribution in [0.4, 0.5) is 13.2 Å². The van der Waals surface area contributed by atoms with E-state index in [2.05, 4.69) is 0 Å². The van der Waals surface area contributed by atoms with E-state index in [1.807, 2.05) is 6.92 Å². The SMILES string of the molecule is COC(C)Cc1c(-c2ccc(C(=O)O)cc2)c2c(O)cc(F)cc2n1-c1ccc(F)c(F)c1. The van der Waals surface area contributed by atoms with E-state index in [4.69, 9.17) is 4.74 Å². The summed E-state index contributed by atoms with van der Waals surface area (Å²) in [5.74, 6) is -4.24. The molecule has 33 heavy (non-hydrogen) atoms. The Morgan fingerprint density at radius 2 is 1.73 bits per heavy atom. The number of benzene rings is 3. The Hall–Kier alpha value is -3.78. The van der Waals surface area contributed by atoms with Gasteiger partial charge in [-0.15, -0.1) is 0 Å². The van der Waals surface area contributed by atoms with E-state index in [1.165, 1.54) is 31.4 Å². The third-order valence-corrected chi connectivity index (χ3v) is 5.58. The number of rotatable bonds is 6. The fourth-order valence-electron chi connectivity index (χ4n) is 3.97. The summed E-state index contributed by atoms with van der Waals surface area (Å²) >= 11 is 0. The number of carboxylic acid groups (broad SMARTS) is 1. The first-order valence-corrected chi connectivity index (χ1v) is 10.1. The molecule has 0 spiro atoms. The summed E-state index contributed by atoms with van der Waals surface area (Å²) in [5.41, 5.74) is 2.17. The molecule has 4 aromatic rings. The van der Waals surface area contributed by atoms with Crippen LogP contribution in [0.1, 0.15) is 23.0 Å². The third kappa shape index (κ3) is 4.05. The van der Waals surface area contributed by atoms with Crippen LogP contribution in [0.2, 0.25) is 0 Å². The van der Waals surface area contributed by atoms with Crippen molar-refractivity contribution in [1.29, 1.82) is 0 Å². The number of ether oxygens (including phenoxy) is 1. The van der Waals surface area contributed by atoms with Crippen molar-refractivity contribution in [2.24, 2.45) is 0 Å². The van der Waals surface area contributed by atoms with Gasteiger partial charge in [0.2, 0.25) is 0 Å². The van der Waals surface area contributed by atoms with Crippen molar-refractivity contribution >= 4 is 16.9 Å². The molecular weight excluding hydrogens is 435 g/mol. The highest BCUT2D eigenvalue weighted by Gasteiger charge is 2.25. The molecule has 1 aromatic heterocycles. The molecule has 3 aromatic carbocycles. The fourth-order valence-corrected chi connectivity index (χ4v) is 3.97. The molecule has 0 aliphatic rings. The van der Waals surface area contributed by atoms with Crippen molar-refractivity contribution in [2.75, 3.05) is 7.11 Å². The minimum atomic E-state index is -1.09. The summed E-state index contributed by atoms with van der Waals surface area (Å²) in [6.45, 7) is 1.81. The van der Waals surface area contributed by atoms with Crippen LogP contribution in [-0.4, -0.2) is 34.0 Å². The summed E-state index contributed by atoms with van der Waals surface area (Å²) < 4.78 is 49.1.